The number of aromatic nitrogens is 6. The van der Waals surface area contributed by atoms with E-state index in [0.717, 1.165) is 33.1 Å². The Bertz CT molecular complexity index is 1310. The van der Waals surface area contributed by atoms with Crippen molar-refractivity contribution in [3.05, 3.63) is 72.6 Å². The number of halogens is 1. The van der Waals surface area contributed by atoms with Crippen LogP contribution in [0.2, 0.25) is 0 Å². The second-order valence-corrected chi connectivity index (χ2v) is 6.74. The normalized spacial score (nSPS) is 12.3. The molecular weight excluding hydrogens is 369 g/mol. The maximum Gasteiger partial charge on any atom is 0.223 e. The molecule has 8 heteroatoms. The lowest BCUT2D eigenvalue weighted by molar-refractivity contribution is 0.626. The summed E-state index contributed by atoms with van der Waals surface area (Å²) in [6.45, 7) is 1.98. The van der Waals surface area contributed by atoms with Gasteiger partial charge in [-0.1, -0.05) is 18.2 Å². The summed E-state index contributed by atoms with van der Waals surface area (Å²) in [6, 6.07) is 12.2. The van der Waals surface area contributed by atoms with E-state index in [1.54, 1.807) is 24.5 Å². The highest BCUT2D eigenvalue weighted by Crippen LogP contribution is 2.27. The largest absolute Gasteiger partial charge is 0.348 e. The van der Waals surface area contributed by atoms with Crippen molar-refractivity contribution < 1.29 is 4.39 Å². The smallest absolute Gasteiger partial charge is 0.223 e. The lowest BCUT2D eigenvalue weighted by Gasteiger charge is -2.14. The summed E-state index contributed by atoms with van der Waals surface area (Å²) in [4.78, 5) is 17.6. The molecule has 5 rings (SSSR count). The van der Waals surface area contributed by atoms with E-state index in [1.165, 1.54) is 18.5 Å². The second kappa shape index (κ2) is 6.90. The predicted molar refractivity (Wildman–Crippen MR) is 109 cm³/mol. The Kier molecular flexibility index (Phi) is 4.09. The molecule has 0 bridgehead atoms. The van der Waals surface area contributed by atoms with Crippen LogP contribution in [0, 0.1) is 5.82 Å². The van der Waals surface area contributed by atoms with Gasteiger partial charge in [-0.3, -0.25) is 5.10 Å². The van der Waals surface area contributed by atoms with E-state index in [9.17, 15) is 4.39 Å². The molecule has 0 radical (unpaired) electrons. The number of aromatic amines is 1. The lowest BCUT2D eigenvalue weighted by Crippen LogP contribution is -2.09. The predicted octanol–water partition coefficient (Wildman–Crippen LogP) is 4.28. The summed E-state index contributed by atoms with van der Waals surface area (Å²) in [5, 5.41) is 11.9. The minimum absolute atomic E-state index is 0.0530. The van der Waals surface area contributed by atoms with Crippen molar-refractivity contribution in [2.24, 2.45) is 0 Å². The number of H-pyrrole nitrogens is 1. The van der Waals surface area contributed by atoms with Crippen LogP contribution >= 0.6 is 0 Å². The molecule has 0 saturated carbocycles. The number of fused-ring (bicyclic) bond motifs is 2. The van der Waals surface area contributed by atoms with Crippen molar-refractivity contribution in [1.29, 1.82) is 0 Å². The fourth-order valence-electron chi connectivity index (χ4n) is 3.27. The Labute approximate surface area is 165 Å². The molecule has 2 aromatic carbocycles. The van der Waals surface area contributed by atoms with Crippen LogP contribution in [0.5, 0.6) is 0 Å². The zero-order chi connectivity index (χ0) is 19.8. The summed E-state index contributed by atoms with van der Waals surface area (Å²) >= 11 is 0. The summed E-state index contributed by atoms with van der Waals surface area (Å²) in [6.07, 6.45) is 5.01. The monoisotopic (exact) mass is 385 g/mol. The number of rotatable bonds is 4. The van der Waals surface area contributed by atoms with Gasteiger partial charge in [0.2, 0.25) is 5.95 Å². The number of hydrogen-bond donors (Lipinski definition) is 2. The fraction of sp³-hybridized carbons (Fsp3) is 0.0952. The second-order valence-electron chi connectivity index (χ2n) is 6.74. The lowest BCUT2D eigenvalue weighted by atomic mass is 10.1. The highest BCUT2D eigenvalue weighted by molar-refractivity contribution is 5.93. The highest BCUT2D eigenvalue weighted by Gasteiger charge is 2.11. The number of nitrogens with zero attached hydrogens (tertiary/aromatic N) is 5. The molecule has 5 aromatic rings. The third kappa shape index (κ3) is 3.25. The van der Waals surface area contributed by atoms with E-state index in [1.807, 2.05) is 25.1 Å². The van der Waals surface area contributed by atoms with E-state index < -0.39 is 0 Å². The van der Waals surface area contributed by atoms with E-state index >= 15 is 0 Å². The number of nitrogens with one attached hydrogen (secondary N) is 2. The number of hydrogen-bond acceptors (Lipinski definition) is 6. The Morgan fingerprint density at radius 2 is 1.86 bits per heavy atom. The van der Waals surface area contributed by atoms with Gasteiger partial charge in [0.25, 0.3) is 0 Å². The Hall–Kier alpha value is -3.94. The molecule has 0 aliphatic carbocycles. The molecular formula is C21H16FN7. The van der Waals surface area contributed by atoms with Crippen LogP contribution in [0.3, 0.4) is 0 Å². The maximum absolute atomic E-state index is 13.1. The van der Waals surface area contributed by atoms with Crippen LogP contribution < -0.4 is 5.32 Å². The van der Waals surface area contributed by atoms with E-state index in [0.29, 0.717) is 11.6 Å². The topological polar surface area (TPSA) is 92.3 Å². The molecule has 0 aliphatic rings. The van der Waals surface area contributed by atoms with Gasteiger partial charge in [0.05, 0.1) is 28.8 Å². The average Bonchev–Trinajstić information content (AvgIpc) is 3.23. The summed E-state index contributed by atoms with van der Waals surface area (Å²) in [5.74, 6) is 0.261. The molecule has 142 valence electrons. The highest BCUT2D eigenvalue weighted by atomic mass is 19.1. The van der Waals surface area contributed by atoms with Crippen molar-refractivity contribution in [3.63, 3.8) is 0 Å². The minimum Gasteiger partial charge on any atom is -0.348 e. The quantitative estimate of drug-likeness (QED) is 0.480. The van der Waals surface area contributed by atoms with Gasteiger partial charge in [-0.15, -0.1) is 0 Å². The van der Waals surface area contributed by atoms with Crippen molar-refractivity contribution in [2.45, 2.75) is 13.0 Å². The molecule has 29 heavy (non-hydrogen) atoms. The molecule has 3 aromatic heterocycles. The SMILES string of the molecule is CC(Nc1ncc2cc(-c3ncnc4[nH]ncc34)ccc2n1)c1ccc(F)cc1. The van der Waals surface area contributed by atoms with Gasteiger partial charge in [0.15, 0.2) is 5.65 Å². The molecule has 0 aliphatic heterocycles. The van der Waals surface area contributed by atoms with Crippen LogP contribution in [0.25, 0.3) is 33.2 Å². The molecule has 2 N–H and O–H groups in total. The van der Waals surface area contributed by atoms with Gasteiger partial charge in [0.1, 0.15) is 12.1 Å². The van der Waals surface area contributed by atoms with E-state index in [4.69, 9.17) is 0 Å². The van der Waals surface area contributed by atoms with E-state index in [2.05, 4.69) is 35.5 Å². The van der Waals surface area contributed by atoms with Crippen molar-refractivity contribution in [3.8, 4) is 11.3 Å². The number of benzene rings is 2. The summed E-state index contributed by atoms with van der Waals surface area (Å²) < 4.78 is 13.1. The first-order chi connectivity index (χ1) is 14.2. The van der Waals surface area contributed by atoms with Gasteiger partial charge in [0, 0.05) is 17.1 Å². The molecule has 0 amide bonds. The Balaban J connectivity index is 1.45. The third-order valence-corrected chi connectivity index (χ3v) is 4.82. The fourth-order valence-corrected chi connectivity index (χ4v) is 3.27. The molecule has 3 heterocycles. The minimum atomic E-state index is -0.255. The van der Waals surface area contributed by atoms with Crippen LogP contribution in [0.1, 0.15) is 18.5 Å². The van der Waals surface area contributed by atoms with Crippen LogP contribution in [-0.4, -0.2) is 30.1 Å². The standard InChI is InChI=1S/C21H16FN7/c1-12(13-2-5-16(22)6-3-13)27-21-23-9-15-8-14(4-7-18(15)28-21)19-17-10-26-29-20(17)25-11-24-19/h2-12H,1H3,(H,23,27,28)(H,24,25,26,29). The summed E-state index contributed by atoms with van der Waals surface area (Å²) in [5.41, 5.74) is 4.21. The van der Waals surface area contributed by atoms with E-state index in [-0.39, 0.29) is 11.9 Å². The molecule has 1 unspecified atom stereocenters. The van der Waals surface area contributed by atoms with Crippen molar-refractivity contribution in [1.82, 2.24) is 30.1 Å². The average molecular weight is 385 g/mol. The maximum atomic E-state index is 13.1. The number of anilines is 1. The Morgan fingerprint density at radius 1 is 1.00 bits per heavy atom. The molecule has 0 saturated heterocycles. The first-order valence-electron chi connectivity index (χ1n) is 9.10. The van der Waals surface area contributed by atoms with Crippen LogP contribution in [0.15, 0.2) is 61.2 Å². The first kappa shape index (κ1) is 17.2. The molecule has 0 spiro atoms. The zero-order valence-electron chi connectivity index (χ0n) is 15.5. The zero-order valence-corrected chi connectivity index (χ0v) is 15.5. The molecule has 7 nitrogen and oxygen atoms in total. The molecule has 0 fully saturated rings. The molecule has 1 atom stereocenters. The van der Waals surface area contributed by atoms with Gasteiger partial charge < -0.3 is 5.32 Å². The van der Waals surface area contributed by atoms with Gasteiger partial charge in [-0.05, 0) is 36.8 Å². The van der Waals surface area contributed by atoms with Crippen LogP contribution in [0.4, 0.5) is 10.3 Å². The first-order valence-corrected chi connectivity index (χ1v) is 9.10. The van der Waals surface area contributed by atoms with Crippen molar-refractivity contribution >= 4 is 27.9 Å². The van der Waals surface area contributed by atoms with Gasteiger partial charge in [-0.2, -0.15) is 5.10 Å². The third-order valence-electron chi connectivity index (χ3n) is 4.82. The van der Waals surface area contributed by atoms with Gasteiger partial charge >= 0.3 is 0 Å². The van der Waals surface area contributed by atoms with Crippen LogP contribution in [-0.2, 0) is 0 Å². The van der Waals surface area contributed by atoms with Gasteiger partial charge in [-0.25, -0.2) is 24.3 Å². The van der Waals surface area contributed by atoms with Crippen molar-refractivity contribution in [2.75, 3.05) is 5.32 Å². The summed E-state index contributed by atoms with van der Waals surface area (Å²) in [7, 11) is 0. The Morgan fingerprint density at radius 3 is 2.72 bits per heavy atom.